The summed E-state index contributed by atoms with van der Waals surface area (Å²) in [6.07, 6.45) is 1.72. The summed E-state index contributed by atoms with van der Waals surface area (Å²) in [5, 5.41) is 5.15. The van der Waals surface area contributed by atoms with Crippen LogP contribution in [0.3, 0.4) is 0 Å². The van der Waals surface area contributed by atoms with Crippen LogP contribution >= 0.6 is 0 Å². The highest BCUT2D eigenvalue weighted by molar-refractivity contribution is 5.94. The molecule has 0 bridgehead atoms. The van der Waals surface area contributed by atoms with Crippen LogP contribution < -0.4 is 20.3 Å². The number of hydrogen-bond donors (Lipinski definition) is 2. The lowest BCUT2D eigenvalue weighted by Crippen LogP contribution is -2.55. The third-order valence-corrected chi connectivity index (χ3v) is 6.20. The number of ether oxygens (including phenoxy) is 1. The Morgan fingerprint density at radius 2 is 1.97 bits per heavy atom. The van der Waals surface area contributed by atoms with E-state index >= 15 is 0 Å². The van der Waals surface area contributed by atoms with Gasteiger partial charge >= 0.3 is 0 Å². The number of carbonyl (C=O) groups excluding carboxylic acids is 2. The Labute approximate surface area is 213 Å². The normalized spacial score (nSPS) is 18.0. The van der Waals surface area contributed by atoms with Crippen molar-refractivity contribution in [3.05, 3.63) is 53.7 Å². The molecule has 1 fully saturated rings. The monoisotopic (exact) mass is 524 g/mol. The Balaban J connectivity index is 1.62. The van der Waals surface area contributed by atoms with Gasteiger partial charge in [0.05, 0.1) is 12.1 Å². The minimum absolute atomic E-state index is 0.0635. The number of hydrogen-bond acceptors (Lipinski definition) is 5. The summed E-state index contributed by atoms with van der Waals surface area (Å²) in [6, 6.07) is 6.06. The van der Waals surface area contributed by atoms with Gasteiger partial charge in [0.1, 0.15) is 11.6 Å². The lowest BCUT2D eigenvalue weighted by Gasteiger charge is -2.41. The van der Waals surface area contributed by atoms with Crippen molar-refractivity contribution < 1.29 is 31.9 Å². The van der Waals surface area contributed by atoms with E-state index in [4.69, 9.17) is 4.74 Å². The van der Waals surface area contributed by atoms with Crippen LogP contribution in [0.2, 0.25) is 0 Å². The summed E-state index contributed by atoms with van der Waals surface area (Å²) < 4.78 is 57.5. The van der Waals surface area contributed by atoms with Gasteiger partial charge in [-0.2, -0.15) is 0 Å². The Morgan fingerprint density at radius 1 is 1.22 bits per heavy atom. The van der Waals surface area contributed by atoms with Crippen LogP contribution in [0.1, 0.15) is 56.8 Å². The maximum absolute atomic E-state index is 14.0. The van der Waals surface area contributed by atoms with Gasteiger partial charge in [-0.15, -0.1) is 0 Å². The number of halogens is 4. The quantitative estimate of drug-likeness (QED) is 0.449. The molecule has 1 aromatic carbocycles. The molecule has 7 nitrogen and oxygen atoms in total. The number of rotatable bonds is 10. The molecular formula is C26H32F4N4O3. The van der Waals surface area contributed by atoms with Gasteiger partial charge in [-0.25, -0.2) is 22.5 Å². The molecule has 2 atom stereocenters. The number of aromatic nitrogens is 1. The van der Waals surface area contributed by atoms with Crippen LogP contribution in [0.25, 0.3) is 0 Å². The molecule has 2 amide bonds. The molecule has 202 valence electrons. The van der Waals surface area contributed by atoms with Crippen LogP contribution in [-0.2, 0) is 4.79 Å². The fourth-order valence-electron chi connectivity index (χ4n) is 4.29. The zero-order valence-corrected chi connectivity index (χ0v) is 21.1. The first kappa shape index (κ1) is 28.2. The van der Waals surface area contributed by atoms with Gasteiger partial charge in [0, 0.05) is 30.9 Å². The zero-order valence-electron chi connectivity index (χ0n) is 21.1. The smallest absolute Gasteiger partial charge is 0.263 e. The second-order valence-electron chi connectivity index (χ2n) is 9.52. The Morgan fingerprint density at radius 3 is 2.59 bits per heavy atom. The number of piperidine rings is 1. The van der Waals surface area contributed by atoms with Gasteiger partial charge in [0.15, 0.2) is 17.2 Å². The van der Waals surface area contributed by atoms with Crippen molar-refractivity contribution in [3.8, 4) is 5.75 Å². The van der Waals surface area contributed by atoms with Gasteiger partial charge in [0.25, 0.3) is 18.2 Å². The second kappa shape index (κ2) is 12.2. The molecule has 1 aromatic heterocycles. The van der Waals surface area contributed by atoms with E-state index in [9.17, 15) is 27.2 Å². The third kappa shape index (κ3) is 7.56. The molecule has 2 N–H and O–H groups in total. The summed E-state index contributed by atoms with van der Waals surface area (Å²) in [5.41, 5.74) is -1.20. The molecule has 1 saturated heterocycles. The molecule has 0 radical (unpaired) electrons. The van der Waals surface area contributed by atoms with Gasteiger partial charge in [-0.1, -0.05) is 13.3 Å². The number of amides is 2. The van der Waals surface area contributed by atoms with E-state index in [0.29, 0.717) is 31.3 Å². The molecule has 2 heterocycles. The first-order valence-electron chi connectivity index (χ1n) is 12.2. The summed E-state index contributed by atoms with van der Waals surface area (Å²) in [4.78, 5) is 31.5. The number of nitrogens with one attached hydrogen (secondary N) is 2. The molecule has 0 saturated carbocycles. The van der Waals surface area contributed by atoms with Gasteiger partial charge in [0.2, 0.25) is 0 Å². The summed E-state index contributed by atoms with van der Waals surface area (Å²) in [5.74, 6) is -2.21. The van der Waals surface area contributed by atoms with Crippen molar-refractivity contribution in [2.75, 3.05) is 18.0 Å². The third-order valence-electron chi connectivity index (χ3n) is 6.20. The molecule has 1 aliphatic rings. The molecule has 3 rings (SSSR count). The van der Waals surface area contributed by atoms with Gasteiger partial charge < -0.3 is 20.3 Å². The van der Waals surface area contributed by atoms with Crippen LogP contribution in [-0.4, -0.2) is 54.0 Å². The molecule has 11 heteroatoms. The summed E-state index contributed by atoms with van der Waals surface area (Å²) >= 11 is 0. The van der Waals surface area contributed by atoms with E-state index in [-0.39, 0.29) is 23.4 Å². The fraction of sp³-hybridized carbons (Fsp3) is 0.500. The van der Waals surface area contributed by atoms with Gasteiger partial charge in [-0.3, -0.25) is 9.59 Å². The fourth-order valence-corrected chi connectivity index (χ4v) is 4.29. The minimum atomic E-state index is -2.63. The van der Waals surface area contributed by atoms with Crippen LogP contribution in [0.4, 0.5) is 23.4 Å². The molecule has 1 aliphatic heterocycles. The average molecular weight is 525 g/mol. The number of nitrogens with zero attached hydrogens (tertiary/aromatic N) is 2. The largest absolute Gasteiger partial charge is 0.475 e. The topological polar surface area (TPSA) is 83.6 Å². The highest BCUT2D eigenvalue weighted by Gasteiger charge is 2.35. The molecule has 0 aliphatic carbocycles. The second-order valence-corrected chi connectivity index (χ2v) is 9.52. The maximum atomic E-state index is 14.0. The van der Waals surface area contributed by atoms with E-state index in [0.717, 1.165) is 25.0 Å². The molecule has 0 spiro atoms. The first-order chi connectivity index (χ1) is 17.5. The Kier molecular flexibility index (Phi) is 9.34. The average Bonchev–Trinajstić information content (AvgIpc) is 2.85. The Hall–Kier alpha value is -3.37. The van der Waals surface area contributed by atoms with Gasteiger partial charge in [-0.05, 0) is 57.4 Å². The summed E-state index contributed by atoms with van der Waals surface area (Å²) in [6.45, 7) is 4.96. The van der Waals surface area contributed by atoms with Crippen molar-refractivity contribution in [3.63, 3.8) is 0 Å². The van der Waals surface area contributed by atoms with Crippen LogP contribution in [0, 0.1) is 11.6 Å². The standard InChI is InChI=1S/C26H32F4N4O3/c1-4-5-19-13-18(33-25(36)26(2,3)37-21-8-7-17(27)12-20(21)28)10-11-34(19)23-9-6-16(14-31-23)24(35)32-15-22(29)30/h6-9,12,14,18-19,22H,4-5,10-11,13,15H2,1-3H3,(H,32,35)(H,33,36). The van der Waals surface area contributed by atoms with Crippen LogP contribution in [0.5, 0.6) is 5.75 Å². The molecule has 2 aromatic rings. The number of benzene rings is 1. The highest BCUT2D eigenvalue weighted by Crippen LogP contribution is 2.28. The van der Waals surface area contributed by atoms with E-state index in [2.05, 4.69) is 27.4 Å². The predicted molar refractivity (Wildman–Crippen MR) is 131 cm³/mol. The number of carbonyl (C=O) groups is 2. The van der Waals surface area contributed by atoms with Crippen molar-refractivity contribution in [2.24, 2.45) is 0 Å². The summed E-state index contributed by atoms with van der Waals surface area (Å²) in [7, 11) is 0. The lowest BCUT2D eigenvalue weighted by atomic mass is 9.93. The minimum Gasteiger partial charge on any atom is -0.475 e. The first-order valence-corrected chi connectivity index (χ1v) is 12.2. The highest BCUT2D eigenvalue weighted by atomic mass is 19.3. The molecule has 37 heavy (non-hydrogen) atoms. The molecular weight excluding hydrogens is 492 g/mol. The predicted octanol–water partition coefficient (Wildman–Crippen LogP) is 4.47. The van der Waals surface area contributed by atoms with Crippen molar-refractivity contribution >= 4 is 17.6 Å². The Bertz CT molecular complexity index is 1080. The number of alkyl halides is 2. The molecule has 2 unspecified atom stereocenters. The lowest BCUT2D eigenvalue weighted by molar-refractivity contribution is -0.135. The number of anilines is 1. The zero-order chi connectivity index (χ0) is 27.2. The van der Waals surface area contributed by atoms with E-state index < -0.39 is 42.0 Å². The maximum Gasteiger partial charge on any atom is 0.263 e. The van der Waals surface area contributed by atoms with E-state index in [1.807, 2.05) is 0 Å². The van der Waals surface area contributed by atoms with Crippen molar-refractivity contribution in [1.82, 2.24) is 15.6 Å². The van der Waals surface area contributed by atoms with E-state index in [1.165, 1.54) is 20.0 Å². The van der Waals surface area contributed by atoms with Crippen LogP contribution in [0.15, 0.2) is 36.5 Å². The van der Waals surface area contributed by atoms with Crippen molar-refractivity contribution in [1.29, 1.82) is 0 Å². The SMILES string of the molecule is CCCC1CC(NC(=O)C(C)(C)Oc2ccc(F)cc2F)CCN1c1ccc(C(=O)NCC(F)F)cn1. The van der Waals surface area contributed by atoms with Crippen molar-refractivity contribution in [2.45, 2.75) is 70.6 Å². The van der Waals surface area contributed by atoms with E-state index in [1.54, 1.807) is 12.1 Å². The number of pyridine rings is 1.